The average Bonchev–Trinajstić information content (AvgIpc) is 3.13. The maximum atomic E-state index is 13.1. The number of amides is 3. The van der Waals surface area contributed by atoms with Crippen molar-refractivity contribution in [2.24, 2.45) is 0 Å². The molecule has 3 rings (SSSR count). The Morgan fingerprint density at radius 3 is 2.48 bits per heavy atom. The van der Waals surface area contributed by atoms with Crippen molar-refractivity contribution in [3.8, 4) is 5.75 Å². The third-order valence-corrected chi connectivity index (χ3v) is 4.76. The highest BCUT2D eigenvalue weighted by molar-refractivity contribution is 5.79. The van der Waals surface area contributed by atoms with E-state index in [2.05, 4.69) is 5.32 Å². The van der Waals surface area contributed by atoms with Gasteiger partial charge in [-0.1, -0.05) is 18.9 Å². The van der Waals surface area contributed by atoms with Crippen molar-refractivity contribution in [1.29, 1.82) is 0 Å². The van der Waals surface area contributed by atoms with Gasteiger partial charge in [-0.2, -0.15) is 0 Å². The van der Waals surface area contributed by atoms with Crippen LogP contribution in [-0.2, 0) is 4.79 Å². The molecule has 1 aromatic rings. The fourth-order valence-electron chi connectivity index (χ4n) is 3.29. The van der Waals surface area contributed by atoms with E-state index in [0.29, 0.717) is 38.0 Å². The van der Waals surface area contributed by atoms with E-state index in [4.69, 9.17) is 4.74 Å². The van der Waals surface area contributed by atoms with Gasteiger partial charge in [0.2, 0.25) is 0 Å². The Morgan fingerprint density at radius 2 is 1.80 bits per heavy atom. The van der Waals surface area contributed by atoms with Gasteiger partial charge in [0.25, 0.3) is 5.91 Å². The third-order valence-electron chi connectivity index (χ3n) is 4.76. The molecule has 1 aliphatic heterocycles. The topological polar surface area (TPSA) is 61.9 Å². The summed E-state index contributed by atoms with van der Waals surface area (Å²) in [7, 11) is 0. The molecule has 136 valence electrons. The number of rotatable bonds is 4. The second-order valence-corrected chi connectivity index (χ2v) is 6.54. The summed E-state index contributed by atoms with van der Waals surface area (Å²) in [6.45, 7) is 1.89. The van der Waals surface area contributed by atoms with Gasteiger partial charge in [0.1, 0.15) is 11.6 Å². The van der Waals surface area contributed by atoms with Crippen LogP contribution in [0.25, 0.3) is 0 Å². The van der Waals surface area contributed by atoms with Crippen LogP contribution in [0.3, 0.4) is 0 Å². The van der Waals surface area contributed by atoms with Crippen LogP contribution in [-0.4, -0.2) is 60.6 Å². The molecule has 1 saturated heterocycles. The predicted molar refractivity (Wildman–Crippen MR) is 90.8 cm³/mol. The third kappa shape index (κ3) is 4.84. The van der Waals surface area contributed by atoms with Gasteiger partial charge in [0.05, 0.1) is 0 Å². The van der Waals surface area contributed by atoms with Gasteiger partial charge < -0.3 is 19.9 Å². The van der Waals surface area contributed by atoms with Gasteiger partial charge in [-0.05, 0) is 25.0 Å². The minimum Gasteiger partial charge on any atom is -0.484 e. The van der Waals surface area contributed by atoms with E-state index < -0.39 is 5.82 Å². The van der Waals surface area contributed by atoms with Crippen LogP contribution in [0.4, 0.5) is 9.18 Å². The number of urea groups is 1. The highest BCUT2D eigenvalue weighted by Gasteiger charge is 2.26. The summed E-state index contributed by atoms with van der Waals surface area (Å²) >= 11 is 0. The van der Waals surface area contributed by atoms with Crippen LogP contribution >= 0.6 is 0 Å². The van der Waals surface area contributed by atoms with Crippen LogP contribution in [0, 0.1) is 5.82 Å². The minimum atomic E-state index is -0.396. The molecule has 0 bridgehead atoms. The van der Waals surface area contributed by atoms with Crippen LogP contribution in [0.15, 0.2) is 24.3 Å². The largest absolute Gasteiger partial charge is 0.484 e. The molecule has 1 saturated carbocycles. The van der Waals surface area contributed by atoms with Crippen molar-refractivity contribution in [2.75, 3.05) is 32.8 Å². The lowest BCUT2D eigenvalue weighted by Crippen LogP contribution is -2.55. The van der Waals surface area contributed by atoms with E-state index in [1.165, 1.54) is 31.0 Å². The molecule has 1 heterocycles. The summed E-state index contributed by atoms with van der Waals surface area (Å²) < 4.78 is 18.4. The molecule has 0 atom stereocenters. The average molecular weight is 349 g/mol. The maximum absolute atomic E-state index is 13.1. The Balaban J connectivity index is 1.40. The lowest BCUT2D eigenvalue weighted by molar-refractivity contribution is -0.134. The highest BCUT2D eigenvalue weighted by Crippen LogP contribution is 2.18. The molecule has 0 aromatic heterocycles. The fraction of sp³-hybridized carbons (Fsp3) is 0.556. The first-order valence-electron chi connectivity index (χ1n) is 8.83. The van der Waals surface area contributed by atoms with E-state index in [1.54, 1.807) is 15.9 Å². The van der Waals surface area contributed by atoms with Crippen molar-refractivity contribution in [3.63, 3.8) is 0 Å². The molecular weight excluding hydrogens is 325 g/mol. The Labute approximate surface area is 146 Å². The molecular formula is C18H24FN3O3. The summed E-state index contributed by atoms with van der Waals surface area (Å²) in [5.41, 5.74) is 0. The summed E-state index contributed by atoms with van der Waals surface area (Å²) in [5.74, 6) is -0.213. The van der Waals surface area contributed by atoms with Crippen molar-refractivity contribution >= 4 is 11.9 Å². The van der Waals surface area contributed by atoms with Crippen LogP contribution in [0.1, 0.15) is 25.7 Å². The number of halogens is 1. The van der Waals surface area contributed by atoms with Gasteiger partial charge in [0.15, 0.2) is 6.61 Å². The normalized spacial score (nSPS) is 18.3. The molecule has 3 amide bonds. The lowest BCUT2D eigenvalue weighted by atomic mass is 10.2. The first-order valence-corrected chi connectivity index (χ1v) is 8.83. The molecule has 1 aromatic carbocycles. The fourth-order valence-corrected chi connectivity index (χ4v) is 3.29. The van der Waals surface area contributed by atoms with E-state index in [-0.39, 0.29) is 18.5 Å². The number of carbonyl (C=O) groups is 2. The maximum Gasteiger partial charge on any atom is 0.317 e. The molecule has 0 unspecified atom stereocenters. The predicted octanol–water partition coefficient (Wildman–Crippen LogP) is 2.00. The van der Waals surface area contributed by atoms with E-state index in [0.717, 1.165) is 12.8 Å². The van der Waals surface area contributed by atoms with Crippen molar-refractivity contribution in [1.82, 2.24) is 15.1 Å². The number of nitrogens with one attached hydrogen (secondary N) is 1. The zero-order valence-corrected chi connectivity index (χ0v) is 14.2. The summed E-state index contributed by atoms with van der Waals surface area (Å²) in [4.78, 5) is 27.9. The standard InChI is InChI=1S/C18H24FN3O3/c19-14-4-3-7-16(12-14)25-13-17(23)21-8-10-22(11-9-21)18(24)20-15-5-1-2-6-15/h3-4,7,12,15H,1-2,5-6,8-11,13H2,(H,20,24). The van der Waals surface area contributed by atoms with Gasteiger partial charge in [0, 0.05) is 38.3 Å². The molecule has 25 heavy (non-hydrogen) atoms. The molecule has 0 radical (unpaired) electrons. The number of hydrogen-bond acceptors (Lipinski definition) is 3. The zero-order valence-electron chi connectivity index (χ0n) is 14.2. The van der Waals surface area contributed by atoms with Gasteiger partial charge >= 0.3 is 6.03 Å². The lowest BCUT2D eigenvalue weighted by Gasteiger charge is -2.35. The van der Waals surface area contributed by atoms with E-state index in [1.807, 2.05) is 0 Å². The molecule has 7 heteroatoms. The molecule has 2 fully saturated rings. The first kappa shape index (κ1) is 17.5. The summed E-state index contributed by atoms with van der Waals surface area (Å²) in [5, 5.41) is 3.07. The summed E-state index contributed by atoms with van der Waals surface area (Å²) in [6.07, 6.45) is 4.47. The summed E-state index contributed by atoms with van der Waals surface area (Å²) in [6, 6.07) is 5.99. The number of carbonyl (C=O) groups excluding carboxylic acids is 2. The number of ether oxygens (including phenoxy) is 1. The Morgan fingerprint density at radius 1 is 1.12 bits per heavy atom. The van der Waals surface area contributed by atoms with Gasteiger partial charge in [-0.3, -0.25) is 4.79 Å². The van der Waals surface area contributed by atoms with Gasteiger partial charge in [-0.15, -0.1) is 0 Å². The molecule has 1 N–H and O–H groups in total. The smallest absolute Gasteiger partial charge is 0.317 e. The molecule has 6 nitrogen and oxygen atoms in total. The Hall–Kier alpha value is -2.31. The van der Waals surface area contributed by atoms with Crippen LogP contribution < -0.4 is 10.1 Å². The number of benzene rings is 1. The second kappa shape index (κ2) is 8.18. The van der Waals surface area contributed by atoms with E-state index in [9.17, 15) is 14.0 Å². The molecule has 1 aliphatic carbocycles. The second-order valence-electron chi connectivity index (χ2n) is 6.54. The Kier molecular flexibility index (Phi) is 5.73. The Bertz CT molecular complexity index is 611. The number of nitrogens with zero attached hydrogens (tertiary/aromatic N) is 2. The minimum absolute atomic E-state index is 0.0324. The highest BCUT2D eigenvalue weighted by atomic mass is 19.1. The van der Waals surface area contributed by atoms with Crippen LogP contribution in [0.2, 0.25) is 0 Å². The van der Waals surface area contributed by atoms with Crippen molar-refractivity contribution in [3.05, 3.63) is 30.1 Å². The first-order chi connectivity index (χ1) is 12.1. The van der Waals surface area contributed by atoms with Gasteiger partial charge in [-0.25, -0.2) is 9.18 Å². The SMILES string of the molecule is O=C(COc1cccc(F)c1)N1CCN(C(=O)NC2CCCC2)CC1. The quantitative estimate of drug-likeness (QED) is 0.904. The van der Waals surface area contributed by atoms with E-state index >= 15 is 0 Å². The zero-order chi connectivity index (χ0) is 17.6. The van der Waals surface area contributed by atoms with Crippen molar-refractivity contribution < 1.29 is 18.7 Å². The number of piperazine rings is 1. The molecule has 0 spiro atoms. The molecule has 2 aliphatic rings. The monoisotopic (exact) mass is 349 g/mol. The van der Waals surface area contributed by atoms with Crippen molar-refractivity contribution in [2.45, 2.75) is 31.7 Å². The number of hydrogen-bond donors (Lipinski definition) is 1. The van der Waals surface area contributed by atoms with Crippen LogP contribution in [0.5, 0.6) is 5.75 Å².